The zero-order valence-corrected chi connectivity index (χ0v) is 18.3. The van der Waals surface area contributed by atoms with Crippen molar-refractivity contribution in [2.24, 2.45) is 0 Å². The molecule has 0 saturated carbocycles. The minimum atomic E-state index is -0.521. The highest BCUT2D eigenvalue weighted by molar-refractivity contribution is 7.16. The molecule has 0 fully saturated rings. The standard InChI is InChI=1S/C17H19ClN6O3S2/c1-9-14(10(2)23-22-9)27-17(26)24(3)7-11-8-28-16(20-11)21-15(25)19-6-12-4-5-13(18)29-12/h4-5,8H,6-7H2,1-3H3,(H,22,23)(H2,19,20,21,25). The first kappa shape index (κ1) is 21.1. The predicted molar refractivity (Wildman–Crippen MR) is 113 cm³/mol. The van der Waals surface area contributed by atoms with Crippen LogP contribution in [0.15, 0.2) is 17.5 Å². The van der Waals surface area contributed by atoms with E-state index in [1.165, 1.54) is 27.6 Å². The van der Waals surface area contributed by atoms with Crippen LogP contribution < -0.4 is 15.4 Å². The van der Waals surface area contributed by atoms with E-state index in [4.69, 9.17) is 16.3 Å². The molecule has 0 aliphatic rings. The summed E-state index contributed by atoms with van der Waals surface area (Å²) < 4.78 is 6.05. The van der Waals surface area contributed by atoms with Gasteiger partial charge in [0.15, 0.2) is 10.9 Å². The normalized spacial score (nSPS) is 10.6. The number of anilines is 1. The summed E-state index contributed by atoms with van der Waals surface area (Å²) in [5, 5.41) is 14.4. The van der Waals surface area contributed by atoms with Crippen LogP contribution in [0.1, 0.15) is 22.0 Å². The van der Waals surface area contributed by atoms with Gasteiger partial charge in [0.1, 0.15) is 5.69 Å². The Morgan fingerprint density at radius 2 is 2.14 bits per heavy atom. The SMILES string of the molecule is Cc1n[nH]c(C)c1OC(=O)N(C)Cc1csc(NC(=O)NCc2ccc(Cl)s2)n1. The third-order valence-corrected chi connectivity index (χ3v) is 5.82. The molecule has 3 aromatic rings. The Kier molecular flexibility index (Phi) is 6.72. The Labute approximate surface area is 180 Å². The maximum absolute atomic E-state index is 12.3. The average Bonchev–Trinajstić information content (AvgIpc) is 3.37. The number of nitrogens with one attached hydrogen (secondary N) is 3. The van der Waals surface area contributed by atoms with Crippen molar-refractivity contribution in [2.45, 2.75) is 26.9 Å². The molecule has 0 unspecified atom stereocenters. The van der Waals surface area contributed by atoms with Gasteiger partial charge in [-0.1, -0.05) is 11.6 Å². The van der Waals surface area contributed by atoms with Crippen LogP contribution >= 0.6 is 34.3 Å². The van der Waals surface area contributed by atoms with Gasteiger partial charge in [0.2, 0.25) is 0 Å². The van der Waals surface area contributed by atoms with Gasteiger partial charge in [0.05, 0.1) is 28.8 Å². The number of rotatable bonds is 6. The zero-order chi connectivity index (χ0) is 21.0. The highest BCUT2D eigenvalue weighted by Crippen LogP contribution is 2.22. The Morgan fingerprint density at radius 1 is 1.34 bits per heavy atom. The molecule has 0 aliphatic carbocycles. The van der Waals surface area contributed by atoms with E-state index < -0.39 is 6.09 Å². The van der Waals surface area contributed by atoms with Crippen molar-refractivity contribution in [2.75, 3.05) is 12.4 Å². The van der Waals surface area contributed by atoms with Gasteiger partial charge >= 0.3 is 12.1 Å². The summed E-state index contributed by atoms with van der Waals surface area (Å²) in [5.41, 5.74) is 1.93. The molecule has 0 atom stereocenters. The molecule has 0 spiro atoms. The fourth-order valence-corrected chi connectivity index (χ4v) is 4.08. The lowest BCUT2D eigenvalue weighted by atomic mass is 10.3. The summed E-state index contributed by atoms with van der Waals surface area (Å²) >= 11 is 8.55. The van der Waals surface area contributed by atoms with E-state index in [0.29, 0.717) is 38.8 Å². The van der Waals surface area contributed by atoms with Crippen molar-refractivity contribution in [3.05, 3.63) is 43.8 Å². The van der Waals surface area contributed by atoms with E-state index in [1.54, 1.807) is 32.3 Å². The van der Waals surface area contributed by atoms with Gasteiger partial charge in [-0.2, -0.15) is 5.10 Å². The number of hydrogen-bond donors (Lipinski definition) is 3. The second-order valence-electron chi connectivity index (χ2n) is 6.14. The molecule has 0 bridgehead atoms. The summed E-state index contributed by atoms with van der Waals surface area (Å²) in [7, 11) is 1.61. The molecule has 154 valence electrons. The van der Waals surface area contributed by atoms with Crippen LogP contribution in [0.2, 0.25) is 4.34 Å². The molecule has 3 amide bonds. The van der Waals surface area contributed by atoms with Crippen LogP contribution in [0.3, 0.4) is 0 Å². The molecular weight excluding hydrogens is 436 g/mol. The van der Waals surface area contributed by atoms with E-state index in [2.05, 4.69) is 25.8 Å². The Hall–Kier alpha value is -2.63. The molecule has 0 saturated heterocycles. The Morgan fingerprint density at radius 3 is 2.79 bits per heavy atom. The number of halogens is 1. The third kappa shape index (κ3) is 5.68. The molecule has 12 heteroatoms. The predicted octanol–water partition coefficient (Wildman–Crippen LogP) is 4.15. The molecule has 0 aliphatic heterocycles. The van der Waals surface area contributed by atoms with Crippen molar-refractivity contribution >= 4 is 51.5 Å². The number of carbonyl (C=O) groups excluding carboxylic acids is 2. The number of thiophene rings is 1. The Bertz CT molecular complexity index is 995. The minimum Gasteiger partial charge on any atom is -0.406 e. The molecule has 3 N–H and O–H groups in total. The summed E-state index contributed by atoms with van der Waals surface area (Å²) in [4.78, 5) is 30.9. The second kappa shape index (κ2) is 9.25. The van der Waals surface area contributed by atoms with Crippen molar-refractivity contribution in [1.82, 2.24) is 25.4 Å². The van der Waals surface area contributed by atoms with Gasteiger partial charge in [0.25, 0.3) is 0 Å². The monoisotopic (exact) mass is 454 g/mol. The maximum atomic E-state index is 12.3. The highest BCUT2D eigenvalue weighted by atomic mass is 35.5. The van der Waals surface area contributed by atoms with Crippen LogP contribution in [-0.4, -0.2) is 39.3 Å². The Balaban J connectivity index is 1.48. The van der Waals surface area contributed by atoms with Gasteiger partial charge < -0.3 is 15.0 Å². The highest BCUT2D eigenvalue weighted by Gasteiger charge is 2.18. The quantitative estimate of drug-likeness (QED) is 0.518. The molecule has 3 heterocycles. The number of thiazole rings is 1. The fourth-order valence-electron chi connectivity index (χ4n) is 2.36. The number of aryl methyl sites for hydroxylation is 2. The largest absolute Gasteiger partial charge is 0.415 e. The number of carbonyl (C=O) groups is 2. The summed E-state index contributed by atoms with van der Waals surface area (Å²) in [6, 6.07) is 3.27. The van der Waals surface area contributed by atoms with Crippen molar-refractivity contribution in [1.29, 1.82) is 0 Å². The van der Waals surface area contributed by atoms with E-state index in [9.17, 15) is 9.59 Å². The minimum absolute atomic E-state index is 0.238. The van der Waals surface area contributed by atoms with Gasteiger partial charge in [-0.15, -0.1) is 22.7 Å². The number of urea groups is 1. The topological polar surface area (TPSA) is 112 Å². The third-order valence-electron chi connectivity index (χ3n) is 3.78. The molecule has 3 aromatic heterocycles. The van der Waals surface area contributed by atoms with Crippen LogP contribution in [0.5, 0.6) is 5.75 Å². The molecular formula is C17H19ClN6O3S2. The van der Waals surface area contributed by atoms with Crippen LogP contribution in [-0.2, 0) is 13.1 Å². The van der Waals surface area contributed by atoms with Crippen LogP contribution in [0.25, 0.3) is 0 Å². The number of aromatic amines is 1. The summed E-state index contributed by atoms with van der Waals surface area (Å²) in [6.07, 6.45) is -0.521. The van der Waals surface area contributed by atoms with E-state index in [-0.39, 0.29) is 12.6 Å². The van der Waals surface area contributed by atoms with Crippen molar-refractivity contribution < 1.29 is 14.3 Å². The maximum Gasteiger partial charge on any atom is 0.415 e. The molecule has 0 aromatic carbocycles. The lowest BCUT2D eigenvalue weighted by Crippen LogP contribution is -2.30. The number of H-pyrrole nitrogens is 1. The van der Waals surface area contributed by atoms with Crippen molar-refractivity contribution in [3.63, 3.8) is 0 Å². The van der Waals surface area contributed by atoms with Gasteiger partial charge in [-0.25, -0.2) is 14.6 Å². The lowest BCUT2D eigenvalue weighted by molar-refractivity contribution is 0.159. The van der Waals surface area contributed by atoms with Crippen molar-refractivity contribution in [3.8, 4) is 5.75 Å². The lowest BCUT2D eigenvalue weighted by Gasteiger charge is -2.15. The van der Waals surface area contributed by atoms with E-state index >= 15 is 0 Å². The molecule has 3 rings (SSSR count). The first-order valence-electron chi connectivity index (χ1n) is 8.50. The molecule has 29 heavy (non-hydrogen) atoms. The van der Waals surface area contributed by atoms with E-state index in [1.807, 2.05) is 6.07 Å². The first-order valence-corrected chi connectivity index (χ1v) is 10.6. The van der Waals surface area contributed by atoms with Gasteiger partial charge in [-0.05, 0) is 26.0 Å². The first-order chi connectivity index (χ1) is 13.8. The molecule has 9 nitrogen and oxygen atoms in total. The summed E-state index contributed by atoms with van der Waals surface area (Å²) in [5.74, 6) is 0.422. The van der Waals surface area contributed by atoms with Crippen LogP contribution in [0.4, 0.5) is 14.7 Å². The average molecular weight is 455 g/mol. The molecule has 0 radical (unpaired) electrons. The number of hydrogen-bond acceptors (Lipinski definition) is 7. The number of nitrogens with zero attached hydrogens (tertiary/aromatic N) is 3. The zero-order valence-electron chi connectivity index (χ0n) is 15.9. The van der Waals surface area contributed by atoms with Gasteiger partial charge in [-0.3, -0.25) is 10.4 Å². The number of amides is 3. The smallest absolute Gasteiger partial charge is 0.406 e. The second-order valence-corrected chi connectivity index (χ2v) is 8.80. The number of aromatic nitrogens is 3. The van der Waals surface area contributed by atoms with Gasteiger partial charge in [0, 0.05) is 17.3 Å². The summed E-state index contributed by atoms with van der Waals surface area (Å²) in [6.45, 7) is 4.15. The fraction of sp³-hybridized carbons (Fsp3) is 0.294. The number of ether oxygens (including phenoxy) is 1. The van der Waals surface area contributed by atoms with E-state index in [0.717, 1.165) is 4.88 Å². The van der Waals surface area contributed by atoms with Crippen LogP contribution in [0, 0.1) is 13.8 Å².